The normalized spacial score (nSPS) is 11.7. The van der Waals surface area contributed by atoms with Gasteiger partial charge in [-0.25, -0.2) is 9.48 Å². The van der Waals surface area contributed by atoms with Crippen molar-refractivity contribution in [2.24, 2.45) is 0 Å². The lowest BCUT2D eigenvalue weighted by Gasteiger charge is -2.15. The molecule has 3 rings (SSSR count). The highest BCUT2D eigenvalue weighted by Crippen LogP contribution is 2.15. The zero-order chi connectivity index (χ0) is 21.7. The molecule has 3 aromatic rings. The molecular weight excluding hydrogens is 386 g/mol. The summed E-state index contributed by atoms with van der Waals surface area (Å²) in [5.74, 6) is -0.478. The Kier molecular flexibility index (Phi) is 6.46. The van der Waals surface area contributed by atoms with Crippen LogP contribution < -0.4 is 15.6 Å². The summed E-state index contributed by atoms with van der Waals surface area (Å²) in [6.45, 7) is 3.83. The SMILES string of the molecule is CCn1nc(C(=O)O[C@@H](C)C(=O)NCc2ccc(OC)cc2)c2ccccc2c1=O. The van der Waals surface area contributed by atoms with Gasteiger partial charge in [-0.05, 0) is 37.6 Å². The van der Waals surface area contributed by atoms with Gasteiger partial charge in [0.1, 0.15) is 5.75 Å². The predicted molar refractivity (Wildman–Crippen MR) is 111 cm³/mol. The third-order valence-electron chi connectivity index (χ3n) is 4.64. The number of amides is 1. The van der Waals surface area contributed by atoms with E-state index >= 15 is 0 Å². The lowest BCUT2D eigenvalue weighted by Crippen LogP contribution is -2.36. The maximum atomic E-state index is 12.7. The van der Waals surface area contributed by atoms with Gasteiger partial charge < -0.3 is 14.8 Å². The Morgan fingerprint density at radius 2 is 1.77 bits per heavy atom. The Hall–Kier alpha value is -3.68. The molecule has 0 unspecified atom stereocenters. The number of nitrogens with one attached hydrogen (secondary N) is 1. The van der Waals surface area contributed by atoms with Crippen LogP contribution in [-0.4, -0.2) is 34.9 Å². The number of rotatable bonds is 7. The number of benzene rings is 2. The topological polar surface area (TPSA) is 99.5 Å². The van der Waals surface area contributed by atoms with Crippen LogP contribution >= 0.6 is 0 Å². The van der Waals surface area contributed by atoms with Crippen LogP contribution in [0.4, 0.5) is 0 Å². The van der Waals surface area contributed by atoms with Crippen molar-refractivity contribution in [1.82, 2.24) is 15.1 Å². The van der Waals surface area contributed by atoms with E-state index in [0.717, 1.165) is 11.3 Å². The van der Waals surface area contributed by atoms with Gasteiger partial charge in [0.2, 0.25) is 0 Å². The van der Waals surface area contributed by atoms with Gasteiger partial charge in [-0.2, -0.15) is 5.10 Å². The van der Waals surface area contributed by atoms with E-state index in [4.69, 9.17) is 9.47 Å². The van der Waals surface area contributed by atoms with Crippen LogP contribution in [0.1, 0.15) is 29.9 Å². The summed E-state index contributed by atoms with van der Waals surface area (Å²) in [6.07, 6.45) is -1.03. The van der Waals surface area contributed by atoms with E-state index in [1.165, 1.54) is 11.6 Å². The first-order chi connectivity index (χ1) is 14.4. The number of nitrogens with zero attached hydrogens (tertiary/aromatic N) is 2. The molecule has 0 spiro atoms. The van der Waals surface area contributed by atoms with E-state index < -0.39 is 18.0 Å². The summed E-state index contributed by atoms with van der Waals surface area (Å²) in [6, 6.07) is 14.0. The van der Waals surface area contributed by atoms with Gasteiger partial charge in [-0.15, -0.1) is 0 Å². The first-order valence-corrected chi connectivity index (χ1v) is 9.56. The molecule has 0 bridgehead atoms. The van der Waals surface area contributed by atoms with E-state index in [9.17, 15) is 14.4 Å². The predicted octanol–water partition coefficient (Wildman–Crippen LogP) is 2.29. The highest BCUT2D eigenvalue weighted by atomic mass is 16.5. The number of carbonyl (C=O) groups is 2. The van der Waals surface area contributed by atoms with Crippen LogP contribution in [0.25, 0.3) is 10.8 Å². The van der Waals surface area contributed by atoms with Crippen molar-refractivity contribution in [2.75, 3.05) is 7.11 Å². The molecule has 1 heterocycles. The quantitative estimate of drug-likeness (QED) is 0.601. The van der Waals surface area contributed by atoms with Crippen molar-refractivity contribution in [2.45, 2.75) is 33.0 Å². The number of methoxy groups -OCH3 is 1. The second kappa shape index (κ2) is 9.21. The second-order valence-electron chi connectivity index (χ2n) is 6.63. The Labute approximate surface area is 173 Å². The fourth-order valence-electron chi connectivity index (χ4n) is 2.95. The average Bonchev–Trinajstić information content (AvgIpc) is 2.78. The molecule has 1 atom stereocenters. The van der Waals surface area contributed by atoms with Crippen molar-refractivity contribution < 1.29 is 19.1 Å². The fourth-order valence-corrected chi connectivity index (χ4v) is 2.95. The van der Waals surface area contributed by atoms with Crippen LogP contribution in [0.2, 0.25) is 0 Å². The summed E-state index contributed by atoms with van der Waals surface area (Å²) in [4.78, 5) is 37.5. The third-order valence-corrected chi connectivity index (χ3v) is 4.64. The highest BCUT2D eigenvalue weighted by molar-refractivity contribution is 6.02. The van der Waals surface area contributed by atoms with Gasteiger partial charge >= 0.3 is 5.97 Å². The minimum Gasteiger partial charge on any atom is -0.497 e. The summed E-state index contributed by atoms with van der Waals surface area (Å²) in [5, 5.41) is 7.62. The maximum Gasteiger partial charge on any atom is 0.360 e. The molecule has 30 heavy (non-hydrogen) atoms. The Morgan fingerprint density at radius 1 is 1.10 bits per heavy atom. The lowest BCUT2D eigenvalue weighted by atomic mass is 10.1. The van der Waals surface area contributed by atoms with Crippen molar-refractivity contribution in [1.29, 1.82) is 0 Å². The second-order valence-corrected chi connectivity index (χ2v) is 6.63. The number of aryl methyl sites for hydroxylation is 1. The highest BCUT2D eigenvalue weighted by Gasteiger charge is 2.23. The molecular formula is C22H23N3O5. The summed E-state index contributed by atoms with van der Waals surface area (Å²) in [5.41, 5.74) is 0.599. The largest absolute Gasteiger partial charge is 0.497 e. The van der Waals surface area contributed by atoms with Crippen LogP contribution in [0.3, 0.4) is 0 Å². The molecule has 1 aromatic heterocycles. The molecule has 0 radical (unpaired) electrons. The monoisotopic (exact) mass is 409 g/mol. The molecule has 0 aliphatic carbocycles. The maximum absolute atomic E-state index is 12.7. The van der Waals surface area contributed by atoms with Crippen LogP contribution in [-0.2, 0) is 22.6 Å². The van der Waals surface area contributed by atoms with Crippen molar-refractivity contribution >= 4 is 22.6 Å². The molecule has 1 amide bonds. The number of hydrogen-bond acceptors (Lipinski definition) is 6. The van der Waals surface area contributed by atoms with E-state index in [-0.39, 0.29) is 17.8 Å². The van der Waals surface area contributed by atoms with E-state index in [2.05, 4.69) is 10.4 Å². The van der Waals surface area contributed by atoms with E-state index in [1.54, 1.807) is 50.4 Å². The molecule has 0 saturated heterocycles. The first kappa shape index (κ1) is 21.0. The minimum absolute atomic E-state index is 0.00172. The minimum atomic E-state index is -1.03. The molecule has 2 aromatic carbocycles. The summed E-state index contributed by atoms with van der Waals surface area (Å²) < 4.78 is 11.6. The number of ether oxygens (including phenoxy) is 2. The number of hydrogen-bond donors (Lipinski definition) is 1. The summed E-state index contributed by atoms with van der Waals surface area (Å²) >= 11 is 0. The zero-order valence-corrected chi connectivity index (χ0v) is 17.0. The smallest absolute Gasteiger partial charge is 0.360 e. The van der Waals surface area contributed by atoms with Gasteiger partial charge in [0.25, 0.3) is 11.5 Å². The van der Waals surface area contributed by atoms with Gasteiger partial charge in [0.15, 0.2) is 11.8 Å². The fraction of sp³-hybridized carbons (Fsp3) is 0.273. The average molecular weight is 409 g/mol. The van der Waals surface area contributed by atoms with Gasteiger partial charge in [-0.1, -0.05) is 30.3 Å². The van der Waals surface area contributed by atoms with E-state index in [0.29, 0.717) is 17.3 Å². The Morgan fingerprint density at radius 3 is 2.40 bits per heavy atom. The molecule has 0 aliphatic heterocycles. The van der Waals surface area contributed by atoms with Crippen molar-refractivity contribution in [3.8, 4) is 5.75 Å². The Balaban J connectivity index is 1.71. The molecule has 0 saturated carbocycles. The van der Waals surface area contributed by atoms with Crippen LogP contribution in [0.5, 0.6) is 5.75 Å². The molecule has 8 nitrogen and oxygen atoms in total. The van der Waals surface area contributed by atoms with E-state index in [1.807, 2.05) is 12.1 Å². The van der Waals surface area contributed by atoms with Crippen molar-refractivity contribution in [3.63, 3.8) is 0 Å². The molecule has 1 N–H and O–H groups in total. The zero-order valence-electron chi connectivity index (χ0n) is 17.0. The first-order valence-electron chi connectivity index (χ1n) is 9.56. The lowest BCUT2D eigenvalue weighted by molar-refractivity contribution is -0.129. The van der Waals surface area contributed by atoms with Crippen LogP contribution in [0, 0.1) is 0 Å². The molecule has 156 valence electrons. The van der Waals surface area contributed by atoms with Gasteiger partial charge in [-0.3, -0.25) is 9.59 Å². The number of aromatic nitrogens is 2. The molecule has 8 heteroatoms. The molecule has 0 aliphatic rings. The number of esters is 1. The standard InChI is InChI=1S/C22H23N3O5/c1-4-25-21(27)18-8-6-5-7-17(18)19(24-25)22(28)30-14(2)20(26)23-13-15-9-11-16(29-3)12-10-15/h5-12,14H,4,13H2,1-3H3,(H,23,26)/t14-/m0/s1. The summed E-state index contributed by atoms with van der Waals surface area (Å²) in [7, 11) is 1.58. The number of fused-ring (bicyclic) bond motifs is 1. The van der Waals surface area contributed by atoms with Crippen molar-refractivity contribution in [3.05, 3.63) is 70.1 Å². The Bertz CT molecular complexity index is 1120. The van der Waals surface area contributed by atoms with Gasteiger partial charge in [0, 0.05) is 18.5 Å². The number of carbonyl (C=O) groups excluding carboxylic acids is 2. The molecule has 0 fully saturated rings. The van der Waals surface area contributed by atoms with Crippen LogP contribution in [0.15, 0.2) is 53.3 Å². The third kappa shape index (κ3) is 4.48. The van der Waals surface area contributed by atoms with Gasteiger partial charge in [0.05, 0.1) is 12.5 Å².